The molecule has 1 aromatic rings. The van der Waals surface area contributed by atoms with Crippen LogP contribution in [0.25, 0.3) is 0 Å². The van der Waals surface area contributed by atoms with Crippen LogP contribution in [-0.4, -0.2) is 24.5 Å². The van der Waals surface area contributed by atoms with Gasteiger partial charge in [0.05, 0.1) is 5.25 Å². The monoisotopic (exact) mass is 238 g/mol. The van der Waals surface area contributed by atoms with Crippen LogP contribution < -0.4 is 0 Å². The molecule has 0 fully saturated rings. The fourth-order valence-corrected chi connectivity index (χ4v) is 3.17. The summed E-state index contributed by atoms with van der Waals surface area (Å²) in [6.07, 6.45) is 0.790. The molecule has 0 atom stereocenters. The molecule has 1 radical (unpaired) electrons. The minimum Gasteiger partial charge on any atom is -0.212 e. The van der Waals surface area contributed by atoms with Gasteiger partial charge in [0.15, 0.2) is 0 Å². The lowest BCUT2D eigenvalue weighted by Gasteiger charge is -2.29. The zero-order valence-corrected chi connectivity index (χ0v) is 10.4. The van der Waals surface area contributed by atoms with Gasteiger partial charge in [-0.05, 0) is 37.5 Å². The molecule has 0 spiro atoms. The standard InChI is InChI=1S/C12H16NO2S/c1-10(2)16(14,15)13-8-7-11-5-3-4-6-12(11)9-13/h4-6,10H,7-9H2,1-2H3. The highest BCUT2D eigenvalue weighted by atomic mass is 32.2. The highest BCUT2D eigenvalue weighted by Gasteiger charge is 2.28. The van der Waals surface area contributed by atoms with Crippen LogP contribution in [0.15, 0.2) is 18.2 Å². The Labute approximate surface area is 97.1 Å². The summed E-state index contributed by atoms with van der Waals surface area (Å²) in [5, 5.41) is -0.343. The van der Waals surface area contributed by atoms with Crippen LogP contribution in [0, 0.1) is 6.07 Å². The maximum absolute atomic E-state index is 12.0. The third kappa shape index (κ3) is 1.99. The molecule has 2 rings (SSSR count). The Balaban J connectivity index is 2.27. The molecule has 0 saturated carbocycles. The van der Waals surface area contributed by atoms with Crippen molar-refractivity contribution < 1.29 is 8.42 Å². The molecule has 1 aliphatic heterocycles. The van der Waals surface area contributed by atoms with E-state index in [2.05, 4.69) is 6.07 Å². The molecule has 0 aromatic heterocycles. The highest BCUT2D eigenvalue weighted by Crippen LogP contribution is 2.22. The van der Waals surface area contributed by atoms with E-state index < -0.39 is 10.0 Å². The van der Waals surface area contributed by atoms with Gasteiger partial charge in [-0.25, -0.2) is 8.42 Å². The predicted molar refractivity (Wildman–Crippen MR) is 63.4 cm³/mol. The van der Waals surface area contributed by atoms with Gasteiger partial charge < -0.3 is 0 Å². The van der Waals surface area contributed by atoms with Gasteiger partial charge >= 0.3 is 0 Å². The van der Waals surface area contributed by atoms with E-state index in [0.29, 0.717) is 13.1 Å². The van der Waals surface area contributed by atoms with Crippen molar-refractivity contribution in [3.05, 3.63) is 35.4 Å². The smallest absolute Gasteiger partial charge is 0.212 e. The van der Waals surface area contributed by atoms with Crippen LogP contribution in [0.4, 0.5) is 0 Å². The predicted octanol–water partition coefficient (Wildman–Crippen LogP) is 1.58. The summed E-state index contributed by atoms with van der Waals surface area (Å²) in [5.41, 5.74) is 2.33. The molecule has 1 heterocycles. The second kappa shape index (κ2) is 4.18. The van der Waals surface area contributed by atoms with Crippen molar-refractivity contribution >= 4 is 10.0 Å². The molecule has 87 valence electrons. The number of fused-ring (bicyclic) bond motifs is 1. The molecule has 16 heavy (non-hydrogen) atoms. The van der Waals surface area contributed by atoms with Crippen LogP contribution in [0.2, 0.25) is 0 Å². The third-order valence-corrected chi connectivity index (χ3v) is 5.21. The number of hydrogen-bond acceptors (Lipinski definition) is 2. The Morgan fingerprint density at radius 1 is 1.38 bits per heavy atom. The summed E-state index contributed by atoms with van der Waals surface area (Å²) in [4.78, 5) is 0. The summed E-state index contributed by atoms with van der Waals surface area (Å²) in [6, 6.07) is 8.78. The molecule has 0 N–H and O–H groups in total. The first-order chi connectivity index (χ1) is 7.51. The van der Waals surface area contributed by atoms with Crippen molar-refractivity contribution in [2.75, 3.05) is 6.54 Å². The van der Waals surface area contributed by atoms with E-state index in [9.17, 15) is 8.42 Å². The van der Waals surface area contributed by atoms with Gasteiger partial charge in [0.1, 0.15) is 0 Å². The van der Waals surface area contributed by atoms with Crippen molar-refractivity contribution in [2.45, 2.75) is 32.1 Å². The Hall–Kier alpha value is -0.870. The number of hydrogen-bond donors (Lipinski definition) is 0. The van der Waals surface area contributed by atoms with E-state index in [1.165, 1.54) is 5.56 Å². The van der Waals surface area contributed by atoms with Crippen LogP contribution in [0.5, 0.6) is 0 Å². The zero-order chi connectivity index (χ0) is 11.8. The lowest BCUT2D eigenvalue weighted by Crippen LogP contribution is -2.39. The van der Waals surface area contributed by atoms with E-state index in [-0.39, 0.29) is 5.25 Å². The summed E-state index contributed by atoms with van der Waals surface area (Å²) >= 11 is 0. The molecule has 0 bridgehead atoms. The molecule has 0 aliphatic carbocycles. The summed E-state index contributed by atoms with van der Waals surface area (Å²) < 4.78 is 25.6. The molecule has 1 aromatic carbocycles. The Morgan fingerprint density at radius 3 is 2.81 bits per heavy atom. The van der Waals surface area contributed by atoms with Gasteiger partial charge in [0.2, 0.25) is 10.0 Å². The first-order valence-electron chi connectivity index (χ1n) is 5.48. The summed E-state index contributed by atoms with van der Waals surface area (Å²) in [6.45, 7) is 4.54. The van der Waals surface area contributed by atoms with E-state index in [1.807, 2.05) is 18.2 Å². The molecule has 1 aliphatic rings. The molecular formula is C12H16NO2S. The van der Waals surface area contributed by atoms with E-state index in [0.717, 1.165) is 12.0 Å². The first kappa shape index (κ1) is 11.6. The second-order valence-electron chi connectivity index (χ2n) is 4.37. The van der Waals surface area contributed by atoms with E-state index >= 15 is 0 Å². The van der Waals surface area contributed by atoms with Gasteiger partial charge in [-0.1, -0.05) is 18.2 Å². The maximum Gasteiger partial charge on any atom is 0.216 e. The molecular weight excluding hydrogens is 222 g/mol. The molecule has 0 unspecified atom stereocenters. The topological polar surface area (TPSA) is 37.4 Å². The Bertz CT molecular complexity index is 480. The average Bonchev–Trinajstić information content (AvgIpc) is 2.28. The highest BCUT2D eigenvalue weighted by molar-refractivity contribution is 7.89. The zero-order valence-electron chi connectivity index (χ0n) is 9.60. The number of sulfonamides is 1. The van der Waals surface area contributed by atoms with Gasteiger partial charge in [0, 0.05) is 13.1 Å². The van der Waals surface area contributed by atoms with Crippen molar-refractivity contribution in [2.24, 2.45) is 0 Å². The Kier molecular flexibility index (Phi) is 3.04. The fourth-order valence-electron chi connectivity index (χ4n) is 1.91. The van der Waals surface area contributed by atoms with Gasteiger partial charge in [-0.15, -0.1) is 0 Å². The van der Waals surface area contributed by atoms with Gasteiger partial charge in [-0.3, -0.25) is 0 Å². The average molecular weight is 238 g/mol. The fraction of sp³-hybridized carbons (Fsp3) is 0.500. The molecule has 4 heteroatoms. The molecule has 0 amide bonds. The normalized spacial score (nSPS) is 17.4. The first-order valence-corrected chi connectivity index (χ1v) is 6.99. The lowest BCUT2D eigenvalue weighted by molar-refractivity contribution is 0.387. The van der Waals surface area contributed by atoms with Crippen molar-refractivity contribution in [3.63, 3.8) is 0 Å². The Morgan fingerprint density at radius 2 is 2.12 bits per heavy atom. The SMILES string of the molecule is CC(C)S(=O)(=O)N1CCc2c[c]ccc2C1. The van der Waals surface area contributed by atoms with Crippen LogP contribution >= 0.6 is 0 Å². The summed E-state index contributed by atoms with van der Waals surface area (Å²) in [5.74, 6) is 0. The number of benzene rings is 1. The van der Waals surface area contributed by atoms with Crippen LogP contribution in [0.1, 0.15) is 25.0 Å². The molecule has 3 nitrogen and oxygen atoms in total. The van der Waals surface area contributed by atoms with Gasteiger partial charge in [-0.2, -0.15) is 4.31 Å². The number of rotatable bonds is 2. The molecule has 0 saturated heterocycles. The van der Waals surface area contributed by atoms with Crippen molar-refractivity contribution in [3.8, 4) is 0 Å². The summed E-state index contributed by atoms with van der Waals surface area (Å²) in [7, 11) is -3.12. The second-order valence-corrected chi connectivity index (χ2v) is 6.86. The minimum atomic E-state index is -3.12. The van der Waals surface area contributed by atoms with Crippen LogP contribution in [0.3, 0.4) is 0 Å². The van der Waals surface area contributed by atoms with Crippen molar-refractivity contribution in [1.82, 2.24) is 4.31 Å². The van der Waals surface area contributed by atoms with E-state index in [1.54, 1.807) is 18.2 Å². The minimum absolute atomic E-state index is 0.343. The maximum atomic E-state index is 12.0. The third-order valence-electron chi connectivity index (χ3n) is 2.98. The largest absolute Gasteiger partial charge is 0.216 e. The van der Waals surface area contributed by atoms with Crippen molar-refractivity contribution in [1.29, 1.82) is 0 Å². The van der Waals surface area contributed by atoms with Crippen LogP contribution in [-0.2, 0) is 23.0 Å². The van der Waals surface area contributed by atoms with E-state index in [4.69, 9.17) is 0 Å². The quantitative estimate of drug-likeness (QED) is 0.784. The number of nitrogens with zero attached hydrogens (tertiary/aromatic N) is 1. The lowest BCUT2D eigenvalue weighted by atomic mass is 10.0. The van der Waals surface area contributed by atoms with Gasteiger partial charge in [0.25, 0.3) is 0 Å².